The molecule has 2 aromatic carbocycles. The van der Waals surface area contributed by atoms with Gasteiger partial charge in [0.1, 0.15) is 45.9 Å². The van der Waals surface area contributed by atoms with Crippen LogP contribution in [0.3, 0.4) is 0 Å². The first-order valence-corrected chi connectivity index (χ1v) is 24.8. The molecule has 4 aromatic rings. The minimum Gasteiger partial charge on any atom is -0.496 e. The van der Waals surface area contributed by atoms with Crippen LogP contribution in [0.2, 0.25) is 0 Å². The van der Waals surface area contributed by atoms with Crippen molar-refractivity contribution in [2.75, 3.05) is 33.1 Å². The summed E-state index contributed by atoms with van der Waals surface area (Å²) < 4.78 is 40.5. The van der Waals surface area contributed by atoms with Gasteiger partial charge in [0.2, 0.25) is 21.8 Å². The van der Waals surface area contributed by atoms with Crippen LogP contribution in [0.25, 0.3) is 21.6 Å². The number of thiazole rings is 1. The van der Waals surface area contributed by atoms with E-state index in [4.69, 9.17) is 19.4 Å². The van der Waals surface area contributed by atoms with Crippen molar-refractivity contribution >= 4 is 61.6 Å². The minimum absolute atomic E-state index is 0.0343. The van der Waals surface area contributed by atoms with Crippen molar-refractivity contribution in [3.63, 3.8) is 0 Å². The zero-order valence-electron chi connectivity index (χ0n) is 38.1. The van der Waals surface area contributed by atoms with Gasteiger partial charge in [0.05, 0.1) is 29.6 Å². The molecule has 5 atom stereocenters. The SMILES string of the molecule is COc1ccc2c(O[C@@H]3C[C@H]4C(=O)N[C@]5(C(=O)NS(=O)(=O)C6(C)CC6)C[C@@H]5/C=C\CCCCC[C@H](Nc5cccc(C(=O)N(C)C)c5)C(=O)N4C3)cc(-c3nc(C(C)C)cs3)nc2c1C. The van der Waals surface area contributed by atoms with Crippen LogP contribution in [0.15, 0.2) is 60.0 Å². The molecule has 1 saturated heterocycles. The third-order valence-electron chi connectivity index (χ3n) is 13.3. The van der Waals surface area contributed by atoms with Gasteiger partial charge in [-0.3, -0.25) is 23.9 Å². The number of ether oxygens (including phenoxy) is 2. The number of carbonyl (C=O) groups excluding carboxylic acids is 4. The Hall–Kier alpha value is -5.55. The van der Waals surface area contributed by atoms with Crippen molar-refractivity contribution in [2.24, 2.45) is 5.92 Å². The highest BCUT2D eigenvalue weighted by molar-refractivity contribution is 7.91. The van der Waals surface area contributed by atoms with E-state index in [0.717, 1.165) is 29.1 Å². The number of carbonyl (C=O) groups is 4. The molecule has 4 heterocycles. The summed E-state index contributed by atoms with van der Waals surface area (Å²) in [6.07, 6.45) is 7.87. The molecule has 346 valence electrons. The van der Waals surface area contributed by atoms with Crippen LogP contribution in [0.1, 0.15) is 106 Å². The third kappa shape index (κ3) is 9.31. The van der Waals surface area contributed by atoms with E-state index >= 15 is 4.79 Å². The predicted octanol–water partition coefficient (Wildman–Crippen LogP) is 6.72. The number of fused-ring (bicyclic) bond motifs is 3. The zero-order valence-corrected chi connectivity index (χ0v) is 39.7. The van der Waals surface area contributed by atoms with Gasteiger partial charge in [-0.1, -0.05) is 44.9 Å². The first kappa shape index (κ1) is 46.0. The van der Waals surface area contributed by atoms with Gasteiger partial charge in [-0.2, -0.15) is 0 Å². The largest absolute Gasteiger partial charge is 0.496 e. The van der Waals surface area contributed by atoms with Gasteiger partial charge in [-0.25, -0.2) is 18.4 Å². The Labute approximate surface area is 384 Å². The summed E-state index contributed by atoms with van der Waals surface area (Å²) in [5.74, 6) is -0.953. The summed E-state index contributed by atoms with van der Waals surface area (Å²) in [6, 6.07) is 10.7. The van der Waals surface area contributed by atoms with E-state index < -0.39 is 56.2 Å². The molecule has 4 aliphatic rings. The second-order valence-electron chi connectivity index (χ2n) is 18.7. The Morgan fingerprint density at radius 3 is 2.54 bits per heavy atom. The smallest absolute Gasteiger partial charge is 0.259 e. The van der Waals surface area contributed by atoms with Crippen LogP contribution >= 0.6 is 11.3 Å². The summed E-state index contributed by atoms with van der Waals surface area (Å²) in [4.78, 5) is 70.0. The fourth-order valence-electron chi connectivity index (χ4n) is 8.80. The second kappa shape index (κ2) is 18.0. The highest BCUT2D eigenvalue weighted by Crippen LogP contribution is 2.48. The first-order chi connectivity index (χ1) is 30.9. The van der Waals surface area contributed by atoms with Crippen LogP contribution in [-0.4, -0.2) is 108 Å². The van der Waals surface area contributed by atoms with Gasteiger partial charge in [-0.15, -0.1) is 11.3 Å². The highest BCUT2D eigenvalue weighted by Gasteiger charge is 2.63. The van der Waals surface area contributed by atoms with E-state index in [1.54, 1.807) is 46.3 Å². The maximum atomic E-state index is 15.1. The molecule has 4 amide bonds. The highest BCUT2D eigenvalue weighted by atomic mass is 32.2. The van der Waals surface area contributed by atoms with Gasteiger partial charge in [0, 0.05) is 60.1 Å². The molecule has 0 spiro atoms. The van der Waals surface area contributed by atoms with E-state index in [1.165, 1.54) is 21.1 Å². The lowest BCUT2D eigenvalue weighted by molar-refractivity contribution is -0.140. The normalized spacial score (nSPS) is 24.8. The molecule has 2 aliphatic carbocycles. The van der Waals surface area contributed by atoms with Gasteiger partial charge < -0.3 is 29.9 Å². The van der Waals surface area contributed by atoms with E-state index in [9.17, 15) is 22.8 Å². The zero-order chi connectivity index (χ0) is 46.4. The van der Waals surface area contributed by atoms with Crippen molar-refractivity contribution in [1.29, 1.82) is 0 Å². The van der Waals surface area contributed by atoms with E-state index in [0.29, 0.717) is 71.5 Å². The lowest BCUT2D eigenvalue weighted by Gasteiger charge is -2.30. The van der Waals surface area contributed by atoms with Gasteiger partial charge in [0.25, 0.3) is 11.8 Å². The van der Waals surface area contributed by atoms with Gasteiger partial charge in [-0.05, 0) is 88.6 Å². The number of rotatable bonds is 11. The maximum absolute atomic E-state index is 15.1. The fraction of sp³-hybridized carbons (Fsp3) is 0.500. The standard InChI is InChI=1S/C48H59N7O8S2/c1-28(2)37-27-64-43(51-37)36-24-40(34-18-19-39(62-7)29(3)41(34)50-36)63-33-23-38-42(56)52-48(46(59)53-65(60,61)47(4)20-21-47)25-31(48)15-11-9-8-10-12-17-35(45(58)55(38)26-33)49-32-16-13-14-30(22-32)44(57)54(5)6/h11,13-16,18-19,22,24,27-28,31,33,35,38,49H,8-10,12,17,20-21,23,25-26H2,1-7H3,(H,52,56)(H,53,59)/b15-11-/t31-,33+,35-,38-,48+/m0/s1. The molecule has 3 N–H and O–H groups in total. The minimum atomic E-state index is -4.01. The Morgan fingerprint density at radius 1 is 1.05 bits per heavy atom. The molecule has 3 fully saturated rings. The molecule has 0 radical (unpaired) electrons. The van der Waals surface area contributed by atoms with Crippen molar-refractivity contribution in [2.45, 2.75) is 120 Å². The Bertz CT molecular complexity index is 2660. The number of sulfonamides is 1. The molecular weight excluding hydrogens is 867 g/mol. The molecule has 2 aliphatic heterocycles. The summed E-state index contributed by atoms with van der Waals surface area (Å²) in [6.45, 7) is 7.74. The van der Waals surface area contributed by atoms with Gasteiger partial charge >= 0.3 is 0 Å². The van der Waals surface area contributed by atoms with Gasteiger partial charge in [0.15, 0.2) is 0 Å². The third-order valence-corrected chi connectivity index (χ3v) is 16.4. The predicted molar refractivity (Wildman–Crippen MR) is 251 cm³/mol. The van der Waals surface area contributed by atoms with Crippen LogP contribution in [-0.2, 0) is 24.4 Å². The summed E-state index contributed by atoms with van der Waals surface area (Å²) >= 11 is 1.49. The number of hydrogen-bond donors (Lipinski definition) is 3. The van der Waals surface area contributed by atoms with Crippen LogP contribution in [0.4, 0.5) is 5.69 Å². The van der Waals surface area contributed by atoms with Crippen LogP contribution in [0, 0.1) is 12.8 Å². The van der Waals surface area contributed by atoms with Crippen LogP contribution < -0.4 is 24.8 Å². The summed E-state index contributed by atoms with van der Waals surface area (Å²) in [5, 5.41) is 9.85. The van der Waals surface area contributed by atoms with E-state index in [2.05, 4.69) is 29.2 Å². The number of nitrogens with one attached hydrogen (secondary N) is 3. The second-order valence-corrected chi connectivity index (χ2v) is 21.8. The lowest BCUT2D eigenvalue weighted by Crippen LogP contribution is -2.58. The summed E-state index contributed by atoms with van der Waals surface area (Å²) in [5.41, 5.74) is 2.54. The quantitative estimate of drug-likeness (QED) is 0.136. The monoisotopic (exact) mass is 925 g/mol. The molecule has 17 heteroatoms. The average molecular weight is 926 g/mol. The van der Waals surface area contributed by atoms with E-state index in [1.807, 2.05) is 48.7 Å². The Balaban J connectivity index is 1.16. The maximum Gasteiger partial charge on any atom is 0.259 e. The number of nitrogens with zero attached hydrogens (tertiary/aromatic N) is 4. The van der Waals surface area contributed by atoms with E-state index in [-0.39, 0.29) is 37.1 Å². The summed E-state index contributed by atoms with van der Waals surface area (Å²) in [7, 11) is 0.951. The molecule has 2 saturated carbocycles. The van der Waals surface area contributed by atoms with Crippen molar-refractivity contribution in [1.82, 2.24) is 29.8 Å². The van der Waals surface area contributed by atoms with Crippen molar-refractivity contribution < 1.29 is 37.1 Å². The van der Waals surface area contributed by atoms with Crippen molar-refractivity contribution in [3.05, 3.63) is 76.8 Å². The topological polar surface area (TPSA) is 189 Å². The molecule has 0 unspecified atom stereocenters. The number of benzene rings is 2. The van der Waals surface area contributed by atoms with Crippen molar-refractivity contribution in [3.8, 4) is 22.2 Å². The molecule has 15 nitrogen and oxygen atoms in total. The fourth-order valence-corrected chi connectivity index (χ4v) is 11.1. The Morgan fingerprint density at radius 2 is 1.83 bits per heavy atom. The lowest BCUT2D eigenvalue weighted by atomic mass is 10.0. The number of anilines is 1. The molecule has 2 aromatic heterocycles. The molecule has 65 heavy (non-hydrogen) atoms. The first-order valence-electron chi connectivity index (χ1n) is 22.5. The number of amides is 4. The number of aryl methyl sites for hydroxylation is 1. The number of hydrogen-bond acceptors (Lipinski definition) is 12. The molecular formula is C48H59N7O8S2. The number of aromatic nitrogens is 2. The molecule has 0 bridgehead atoms. The molecule has 8 rings (SSSR count). The number of allylic oxidation sites excluding steroid dienone is 1. The number of methoxy groups -OCH3 is 1. The average Bonchev–Trinajstić information content (AvgIpc) is 4.05. The van der Waals surface area contributed by atoms with Crippen LogP contribution in [0.5, 0.6) is 11.5 Å². The number of pyridine rings is 1. The Kier molecular flexibility index (Phi) is 12.8.